The van der Waals surface area contributed by atoms with Gasteiger partial charge in [0.15, 0.2) is 0 Å². The molecule has 0 spiro atoms. The number of benzene rings is 1. The van der Waals surface area contributed by atoms with Gasteiger partial charge in [-0.05, 0) is 43.2 Å². The van der Waals surface area contributed by atoms with Crippen LogP contribution in [-0.2, 0) is 11.2 Å². The summed E-state index contributed by atoms with van der Waals surface area (Å²) >= 11 is 0. The van der Waals surface area contributed by atoms with Crippen LogP contribution in [0.3, 0.4) is 0 Å². The third kappa shape index (κ3) is 2.72. The van der Waals surface area contributed by atoms with Crippen molar-refractivity contribution in [3.05, 3.63) is 59.3 Å². The zero-order valence-electron chi connectivity index (χ0n) is 10.7. The number of rotatable bonds is 3. The normalized spacial score (nSPS) is 15.0. The smallest absolute Gasteiger partial charge is 0.231 e. The molecular formula is C15H15F2NO. The van der Waals surface area contributed by atoms with Crippen molar-refractivity contribution in [2.24, 2.45) is 0 Å². The molecule has 0 aromatic heterocycles. The second-order valence-corrected chi connectivity index (χ2v) is 4.58. The minimum absolute atomic E-state index is 0.0814. The van der Waals surface area contributed by atoms with Crippen LogP contribution >= 0.6 is 0 Å². The third-order valence-corrected chi connectivity index (χ3v) is 3.28. The Balaban J connectivity index is 2.18. The summed E-state index contributed by atoms with van der Waals surface area (Å²) in [5.41, 5.74) is 1.95. The first kappa shape index (κ1) is 13.5. The van der Waals surface area contributed by atoms with E-state index in [4.69, 9.17) is 0 Å². The molecule has 1 heterocycles. The second kappa shape index (κ2) is 5.34. The summed E-state index contributed by atoms with van der Waals surface area (Å²) in [6.45, 7) is 6.19. The van der Waals surface area contributed by atoms with E-state index in [9.17, 15) is 13.6 Å². The average molecular weight is 263 g/mol. The van der Waals surface area contributed by atoms with Crippen molar-refractivity contribution in [1.82, 2.24) is 4.90 Å². The molecule has 0 saturated heterocycles. The Bertz CT molecular complexity index is 563. The molecule has 4 heteroatoms. The van der Waals surface area contributed by atoms with Crippen molar-refractivity contribution in [3.8, 4) is 0 Å². The molecule has 0 aliphatic carbocycles. The summed E-state index contributed by atoms with van der Waals surface area (Å²) in [4.78, 5) is 13.7. The van der Waals surface area contributed by atoms with Crippen LogP contribution < -0.4 is 0 Å². The number of allylic oxidation sites excluding steroid dienone is 1. The molecule has 0 N–H and O–H groups in total. The average Bonchev–Trinajstić information content (AvgIpc) is 2.75. The van der Waals surface area contributed by atoms with Gasteiger partial charge in [-0.25, -0.2) is 8.78 Å². The fourth-order valence-electron chi connectivity index (χ4n) is 2.24. The molecule has 0 unspecified atom stereocenters. The molecular weight excluding hydrogens is 248 g/mol. The molecule has 1 aliphatic rings. The molecule has 0 atom stereocenters. The quantitative estimate of drug-likeness (QED) is 0.820. The Hall–Kier alpha value is -1.97. The van der Waals surface area contributed by atoms with E-state index in [1.165, 1.54) is 0 Å². The first-order valence-corrected chi connectivity index (χ1v) is 6.09. The highest BCUT2D eigenvalue weighted by molar-refractivity contribution is 5.81. The predicted octanol–water partition coefficient (Wildman–Crippen LogP) is 3.20. The van der Waals surface area contributed by atoms with Crippen LogP contribution in [-0.4, -0.2) is 17.4 Å². The van der Waals surface area contributed by atoms with Crippen molar-refractivity contribution in [3.63, 3.8) is 0 Å². The number of carbonyl (C=O) groups is 1. The maximum Gasteiger partial charge on any atom is 0.231 e. The van der Waals surface area contributed by atoms with Gasteiger partial charge in [0, 0.05) is 17.8 Å². The number of hydrogen-bond donors (Lipinski definition) is 0. The van der Waals surface area contributed by atoms with E-state index in [1.807, 2.05) is 6.92 Å². The number of amides is 1. The molecule has 0 fully saturated rings. The van der Waals surface area contributed by atoms with Crippen molar-refractivity contribution in [2.75, 3.05) is 6.54 Å². The van der Waals surface area contributed by atoms with Crippen LogP contribution in [0.1, 0.15) is 18.9 Å². The lowest BCUT2D eigenvalue weighted by molar-refractivity contribution is -0.128. The van der Waals surface area contributed by atoms with E-state index in [2.05, 4.69) is 6.58 Å². The van der Waals surface area contributed by atoms with Crippen molar-refractivity contribution in [1.29, 1.82) is 0 Å². The van der Waals surface area contributed by atoms with Crippen molar-refractivity contribution < 1.29 is 13.6 Å². The molecule has 1 aliphatic heterocycles. The third-order valence-electron chi connectivity index (χ3n) is 3.28. The Labute approximate surface area is 111 Å². The maximum absolute atomic E-state index is 13.5. The summed E-state index contributed by atoms with van der Waals surface area (Å²) in [6, 6.07) is 3.14. The van der Waals surface area contributed by atoms with Crippen molar-refractivity contribution in [2.45, 2.75) is 19.8 Å². The van der Waals surface area contributed by atoms with E-state index < -0.39 is 11.6 Å². The van der Waals surface area contributed by atoms with Gasteiger partial charge < -0.3 is 4.90 Å². The maximum atomic E-state index is 13.5. The number of halogens is 2. The highest BCUT2D eigenvalue weighted by atomic mass is 19.1. The lowest BCUT2D eigenvalue weighted by Gasteiger charge is -2.18. The van der Waals surface area contributed by atoms with Gasteiger partial charge in [-0.2, -0.15) is 0 Å². The van der Waals surface area contributed by atoms with Gasteiger partial charge in [0.2, 0.25) is 5.91 Å². The van der Waals surface area contributed by atoms with Gasteiger partial charge in [-0.15, -0.1) is 0 Å². The molecule has 0 saturated carbocycles. The molecule has 100 valence electrons. The first-order valence-electron chi connectivity index (χ1n) is 6.09. The van der Waals surface area contributed by atoms with Crippen LogP contribution in [0.15, 0.2) is 42.1 Å². The van der Waals surface area contributed by atoms with Gasteiger partial charge in [-0.3, -0.25) is 4.79 Å². The predicted molar refractivity (Wildman–Crippen MR) is 69.3 cm³/mol. The van der Waals surface area contributed by atoms with Crippen molar-refractivity contribution >= 4 is 5.91 Å². The molecule has 1 aromatic carbocycles. The summed E-state index contributed by atoms with van der Waals surface area (Å²) < 4.78 is 26.6. The van der Waals surface area contributed by atoms with E-state index in [1.54, 1.807) is 11.0 Å². The van der Waals surface area contributed by atoms with E-state index in [0.717, 1.165) is 35.9 Å². The number of hydrogen-bond acceptors (Lipinski definition) is 1. The van der Waals surface area contributed by atoms with E-state index >= 15 is 0 Å². The minimum Gasteiger partial charge on any atom is -0.312 e. The van der Waals surface area contributed by atoms with Gasteiger partial charge in [-0.1, -0.05) is 6.58 Å². The van der Waals surface area contributed by atoms with Crippen LogP contribution in [0.2, 0.25) is 0 Å². The molecule has 2 rings (SSSR count). The molecule has 1 amide bonds. The topological polar surface area (TPSA) is 20.3 Å². The fraction of sp³-hybridized carbons (Fsp3) is 0.267. The lowest BCUT2D eigenvalue weighted by Crippen LogP contribution is -2.29. The Morgan fingerprint density at radius 1 is 1.47 bits per heavy atom. The largest absolute Gasteiger partial charge is 0.312 e. The second-order valence-electron chi connectivity index (χ2n) is 4.58. The Morgan fingerprint density at radius 2 is 2.21 bits per heavy atom. The number of nitrogens with zero attached hydrogens (tertiary/aromatic N) is 1. The van der Waals surface area contributed by atoms with E-state index in [-0.39, 0.29) is 17.9 Å². The number of carbonyl (C=O) groups excluding carboxylic acids is 1. The summed E-state index contributed by atoms with van der Waals surface area (Å²) in [7, 11) is 0. The monoisotopic (exact) mass is 263 g/mol. The summed E-state index contributed by atoms with van der Waals surface area (Å²) in [5, 5.41) is 0. The first-order chi connectivity index (χ1) is 9.02. The van der Waals surface area contributed by atoms with Crippen LogP contribution in [0, 0.1) is 11.6 Å². The fourth-order valence-corrected chi connectivity index (χ4v) is 2.24. The van der Waals surface area contributed by atoms with Gasteiger partial charge in [0.05, 0.1) is 6.42 Å². The summed E-state index contributed by atoms with van der Waals surface area (Å²) in [5.74, 6) is -1.34. The van der Waals surface area contributed by atoms with E-state index in [0.29, 0.717) is 6.54 Å². The minimum atomic E-state index is -0.560. The molecule has 19 heavy (non-hydrogen) atoms. The standard InChI is InChI=1S/C15H15F2NO/c1-3-14-10(2)6-7-18(14)15(19)9-11-8-12(16)4-5-13(11)17/h3-5,8H,1,6-7,9H2,2H3. The Kier molecular flexibility index (Phi) is 3.79. The van der Waals surface area contributed by atoms with Crippen LogP contribution in [0.25, 0.3) is 0 Å². The highest BCUT2D eigenvalue weighted by Crippen LogP contribution is 2.24. The zero-order chi connectivity index (χ0) is 14.0. The van der Waals surface area contributed by atoms with Gasteiger partial charge >= 0.3 is 0 Å². The molecule has 0 radical (unpaired) electrons. The van der Waals surface area contributed by atoms with Gasteiger partial charge in [0.25, 0.3) is 0 Å². The summed E-state index contributed by atoms with van der Waals surface area (Å²) in [6.07, 6.45) is 2.27. The van der Waals surface area contributed by atoms with Gasteiger partial charge in [0.1, 0.15) is 11.6 Å². The molecule has 2 nitrogen and oxygen atoms in total. The molecule has 0 bridgehead atoms. The van der Waals surface area contributed by atoms with Crippen LogP contribution in [0.4, 0.5) is 8.78 Å². The lowest BCUT2D eigenvalue weighted by atomic mass is 10.1. The molecule has 1 aromatic rings. The zero-order valence-corrected chi connectivity index (χ0v) is 10.7. The van der Waals surface area contributed by atoms with Crippen LogP contribution in [0.5, 0.6) is 0 Å². The highest BCUT2D eigenvalue weighted by Gasteiger charge is 2.24. The Morgan fingerprint density at radius 3 is 2.89 bits per heavy atom. The SMILES string of the molecule is C=CC1=C(C)CCN1C(=O)Cc1cc(F)ccc1F.